The van der Waals surface area contributed by atoms with Crippen LogP contribution in [-0.4, -0.2) is 36.6 Å². The standard InChI is InChI=1S/C17H30N2O/c1-4-10-18-17-9-11-19(13-14(17)2)15(3)7-8-16-6-5-12-20-16/h5-6,12,14-15,17-18H,4,7-11,13H2,1-3H3. The molecule has 0 aliphatic carbocycles. The van der Waals surface area contributed by atoms with Gasteiger partial charge in [0.1, 0.15) is 5.76 Å². The van der Waals surface area contributed by atoms with Crippen LogP contribution in [0, 0.1) is 5.92 Å². The Balaban J connectivity index is 1.73. The summed E-state index contributed by atoms with van der Waals surface area (Å²) in [5.41, 5.74) is 0. The highest BCUT2D eigenvalue weighted by Crippen LogP contribution is 2.21. The molecule has 1 saturated heterocycles. The summed E-state index contributed by atoms with van der Waals surface area (Å²) in [6.45, 7) is 10.6. The van der Waals surface area contributed by atoms with Crippen molar-refractivity contribution in [2.75, 3.05) is 19.6 Å². The van der Waals surface area contributed by atoms with Crippen molar-refractivity contribution in [3.05, 3.63) is 24.2 Å². The number of likely N-dealkylation sites (tertiary alicyclic amines) is 1. The highest BCUT2D eigenvalue weighted by molar-refractivity contribution is 4.98. The van der Waals surface area contributed by atoms with Crippen LogP contribution in [0.2, 0.25) is 0 Å². The molecule has 1 aromatic rings. The summed E-state index contributed by atoms with van der Waals surface area (Å²) in [7, 11) is 0. The molecule has 0 radical (unpaired) electrons. The van der Waals surface area contributed by atoms with Crippen molar-refractivity contribution in [3.8, 4) is 0 Å². The maximum Gasteiger partial charge on any atom is 0.103 e. The van der Waals surface area contributed by atoms with Gasteiger partial charge in [0.25, 0.3) is 0 Å². The minimum absolute atomic E-state index is 0.648. The van der Waals surface area contributed by atoms with Gasteiger partial charge >= 0.3 is 0 Å². The Labute approximate surface area is 123 Å². The van der Waals surface area contributed by atoms with Crippen LogP contribution in [0.3, 0.4) is 0 Å². The van der Waals surface area contributed by atoms with Crippen molar-refractivity contribution in [2.24, 2.45) is 5.92 Å². The maximum atomic E-state index is 5.43. The fourth-order valence-corrected chi connectivity index (χ4v) is 3.20. The lowest BCUT2D eigenvalue weighted by molar-refractivity contribution is 0.106. The van der Waals surface area contributed by atoms with Crippen LogP contribution in [0.25, 0.3) is 0 Å². The van der Waals surface area contributed by atoms with E-state index in [0.29, 0.717) is 12.1 Å². The molecule has 0 spiro atoms. The second-order valence-electron chi connectivity index (χ2n) is 6.29. The van der Waals surface area contributed by atoms with E-state index < -0.39 is 0 Å². The highest BCUT2D eigenvalue weighted by Gasteiger charge is 2.27. The number of furan rings is 1. The molecule has 2 rings (SSSR count). The molecule has 0 bridgehead atoms. The third-order valence-electron chi connectivity index (χ3n) is 4.61. The number of nitrogens with zero attached hydrogens (tertiary/aromatic N) is 1. The minimum atomic E-state index is 0.648. The van der Waals surface area contributed by atoms with Crippen molar-refractivity contribution in [2.45, 2.75) is 58.5 Å². The van der Waals surface area contributed by atoms with E-state index in [1.807, 2.05) is 6.07 Å². The van der Waals surface area contributed by atoms with E-state index >= 15 is 0 Å². The quantitative estimate of drug-likeness (QED) is 0.829. The molecule has 3 unspecified atom stereocenters. The zero-order chi connectivity index (χ0) is 14.4. The molecule has 114 valence electrons. The summed E-state index contributed by atoms with van der Waals surface area (Å²) < 4.78 is 5.43. The SMILES string of the molecule is CCCNC1CCN(C(C)CCc2ccco2)CC1C. The molecule has 0 amide bonds. The summed E-state index contributed by atoms with van der Waals surface area (Å²) in [5.74, 6) is 1.87. The zero-order valence-corrected chi connectivity index (χ0v) is 13.3. The summed E-state index contributed by atoms with van der Waals surface area (Å²) in [4.78, 5) is 2.65. The van der Waals surface area contributed by atoms with Crippen molar-refractivity contribution < 1.29 is 4.42 Å². The van der Waals surface area contributed by atoms with E-state index in [9.17, 15) is 0 Å². The third-order valence-corrected chi connectivity index (χ3v) is 4.61. The van der Waals surface area contributed by atoms with Crippen LogP contribution in [0.5, 0.6) is 0 Å². The minimum Gasteiger partial charge on any atom is -0.469 e. The first-order chi connectivity index (χ1) is 9.70. The number of piperidine rings is 1. The molecule has 1 N–H and O–H groups in total. The van der Waals surface area contributed by atoms with Crippen LogP contribution in [0.4, 0.5) is 0 Å². The van der Waals surface area contributed by atoms with E-state index in [2.05, 4.69) is 37.1 Å². The molecule has 20 heavy (non-hydrogen) atoms. The number of nitrogens with one attached hydrogen (secondary N) is 1. The molecule has 1 aliphatic heterocycles. The van der Waals surface area contributed by atoms with Crippen LogP contribution in [0.15, 0.2) is 22.8 Å². The molecule has 3 atom stereocenters. The monoisotopic (exact) mass is 278 g/mol. The van der Waals surface area contributed by atoms with Crippen molar-refractivity contribution in [1.82, 2.24) is 10.2 Å². The molecule has 3 heteroatoms. The second kappa shape index (κ2) is 7.84. The fraction of sp³-hybridized carbons (Fsp3) is 0.765. The van der Waals surface area contributed by atoms with Crippen LogP contribution in [0.1, 0.15) is 45.8 Å². The van der Waals surface area contributed by atoms with Gasteiger partial charge in [-0.1, -0.05) is 13.8 Å². The molecular formula is C17H30N2O. The molecule has 1 fully saturated rings. The number of hydrogen-bond acceptors (Lipinski definition) is 3. The Morgan fingerprint density at radius 3 is 3.00 bits per heavy atom. The van der Waals surface area contributed by atoms with Gasteiger partial charge in [-0.25, -0.2) is 0 Å². The highest BCUT2D eigenvalue weighted by atomic mass is 16.3. The predicted octanol–water partition coefficient (Wildman–Crippen LogP) is 3.31. The topological polar surface area (TPSA) is 28.4 Å². The van der Waals surface area contributed by atoms with Crippen molar-refractivity contribution in [1.29, 1.82) is 0 Å². The fourth-order valence-electron chi connectivity index (χ4n) is 3.20. The Morgan fingerprint density at radius 1 is 1.50 bits per heavy atom. The van der Waals surface area contributed by atoms with Gasteiger partial charge in [0.2, 0.25) is 0 Å². The molecule has 3 nitrogen and oxygen atoms in total. The molecule has 1 aromatic heterocycles. The molecule has 1 aliphatic rings. The Bertz CT molecular complexity index is 363. The lowest BCUT2D eigenvalue weighted by atomic mass is 9.92. The summed E-state index contributed by atoms with van der Waals surface area (Å²) in [6.07, 6.45) is 6.52. The largest absolute Gasteiger partial charge is 0.469 e. The van der Waals surface area contributed by atoms with Crippen LogP contribution in [-0.2, 0) is 6.42 Å². The molecular weight excluding hydrogens is 248 g/mol. The average Bonchev–Trinajstić information content (AvgIpc) is 2.96. The number of rotatable bonds is 7. The maximum absolute atomic E-state index is 5.43. The lowest BCUT2D eigenvalue weighted by Gasteiger charge is -2.40. The predicted molar refractivity (Wildman–Crippen MR) is 83.9 cm³/mol. The van der Waals surface area contributed by atoms with Crippen LogP contribution < -0.4 is 5.32 Å². The van der Waals surface area contributed by atoms with Gasteiger partial charge in [-0.05, 0) is 57.3 Å². The van der Waals surface area contributed by atoms with Gasteiger partial charge in [-0.2, -0.15) is 0 Å². The van der Waals surface area contributed by atoms with E-state index in [-0.39, 0.29) is 0 Å². The van der Waals surface area contributed by atoms with E-state index in [1.54, 1.807) is 6.26 Å². The van der Waals surface area contributed by atoms with Crippen molar-refractivity contribution >= 4 is 0 Å². The summed E-state index contributed by atoms with van der Waals surface area (Å²) in [5, 5.41) is 3.69. The first kappa shape index (κ1) is 15.6. The van der Waals surface area contributed by atoms with Gasteiger partial charge in [0.05, 0.1) is 6.26 Å². The third kappa shape index (κ3) is 4.35. The number of aryl methyl sites for hydroxylation is 1. The molecule has 2 heterocycles. The first-order valence-electron chi connectivity index (χ1n) is 8.20. The van der Waals surface area contributed by atoms with Crippen LogP contribution >= 0.6 is 0 Å². The second-order valence-corrected chi connectivity index (χ2v) is 6.29. The molecule has 0 aromatic carbocycles. The summed E-state index contributed by atoms with van der Waals surface area (Å²) >= 11 is 0. The van der Waals surface area contributed by atoms with E-state index in [0.717, 1.165) is 24.6 Å². The smallest absolute Gasteiger partial charge is 0.103 e. The Hall–Kier alpha value is -0.800. The Kier molecular flexibility index (Phi) is 6.11. The normalized spacial score (nSPS) is 25.8. The average molecular weight is 278 g/mol. The summed E-state index contributed by atoms with van der Waals surface area (Å²) in [6, 6.07) is 5.42. The first-order valence-corrected chi connectivity index (χ1v) is 8.20. The number of hydrogen-bond donors (Lipinski definition) is 1. The lowest BCUT2D eigenvalue weighted by Crippen LogP contribution is -2.51. The van der Waals surface area contributed by atoms with Gasteiger partial charge < -0.3 is 14.6 Å². The van der Waals surface area contributed by atoms with Crippen molar-refractivity contribution in [3.63, 3.8) is 0 Å². The Morgan fingerprint density at radius 2 is 2.35 bits per heavy atom. The zero-order valence-electron chi connectivity index (χ0n) is 13.3. The van der Waals surface area contributed by atoms with Gasteiger partial charge in [-0.15, -0.1) is 0 Å². The van der Waals surface area contributed by atoms with Gasteiger partial charge in [0, 0.05) is 25.0 Å². The van der Waals surface area contributed by atoms with E-state index in [4.69, 9.17) is 4.42 Å². The van der Waals surface area contributed by atoms with Gasteiger partial charge in [0.15, 0.2) is 0 Å². The molecule has 0 saturated carbocycles. The van der Waals surface area contributed by atoms with E-state index in [1.165, 1.54) is 32.4 Å². The van der Waals surface area contributed by atoms with Gasteiger partial charge in [-0.3, -0.25) is 0 Å².